The fourth-order valence-electron chi connectivity index (χ4n) is 1.89. The first-order valence-corrected chi connectivity index (χ1v) is 6.95. The van der Waals surface area contributed by atoms with Crippen molar-refractivity contribution in [1.82, 2.24) is 19.6 Å². The van der Waals surface area contributed by atoms with Crippen LogP contribution >= 0.6 is 0 Å². The molecule has 0 spiro atoms. The van der Waals surface area contributed by atoms with Crippen LogP contribution in [0, 0.1) is 0 Å². The average Bonchev–Trinajstić information content (AvgIpc) is 2.75. The van der Waals surface area contributed by atoms with Gasteiger partial charge < -0.3 is 29.8 Å². The Morgan fingerprint density at radius 2 is 1.83 bits per heavy atom. The van der Waals surface area contributed by atoms with Crippen LogP contribution in [0.15, 0.2) is 0 Å². The average molecular weight is 332 g/mol. The number of rotatable bonds is 7. The minimum Gasteiger partial charge on any atom is -0.483 e. The molecule has 1 fully saturated rings. The Morgan fingerprint density at radius 3 is 2.22 bits per heavy atom. The molecule has 2 N–H and O–H groups in total. The Balaban J connectivity index is 0.00000149. The van der Waals surface area contributed by atoms with E-state index in [4.69, 9.17) is 15.0 Å². The second-order valence-electron chi connectivity index (χ2n) is 5.24. The summed E-state index contributed by atoms with van der Waals surface area (Å²) in [5, 5.41) is 15.7. The van der Waals surface area contributed by atoms with E-state index in [0.29, 0.717) is 26.2 Å². The maximum Gasteiger partial charge on any atom is 0.323 e. The van der Waals surface area contributed by atoms with Crippen LogP contribution in [-0.4, -0.2) is 115 Å². The molecule has 132 valence electrons. The third-order valence-corrected chi connectivity index (χ3v) is 3.12. The van der Waals surface area contributed by atoms with E-state index in [9.17, 15) is 14.4 Å². The summed E-state index contributed by atoms with van der Waals surface area (Å²) in [6.07, 6.45) is 0. The lowest BCUT2D eigenvalue weighted by atomic mass is 10.4. The van der Waals surface area contributed by atoms with E-state index in [0.717, 1.165) is 0 Å². The van der Waals surface area contributed by atoms with Gasteiger partial charge in [-0.05, 0) is 14.1 Å². The van der Waals surface area contributed by atoms with Gasteiger partial charge in [0.05, 0.1) is 0 Å². The topological polar surface area (TPSA) is 122 Å². The van der Waals surface area contributed by atoms with Crippen LogP contribution < -0.4 is 0 Å². The molecule has 0 unspecified atom stereocenters. The van der Waals surface area contributed by atoms with E-state index in [1.165, 1.54) is 14.7 Å². The predicted molar refractivity (Wildman–Crippen MR) is 81.1 cm³/mol. The number of carbonyl (C=O) groups excluding carboxylic acids is 2. The van der Waals surface area contributed by atoms with Crippen molar-refractivity contribution in [2.24, 2.45) is 0 Å². The van der Waals surface area contributed by atoms with Gasteiger partial charge in [-0.1, -0.05) is 0 Å². The smallest absolute Gasteiger partial charge is 0.323 e. The van der Waals surface area contributed by atoms with E-state index in [1.807, 2.05) is 19.0 Å². The molecular formula is C13H24N4O6. The van der Waals surface area contributed by atoms with Gasteiger partial charge in [-0.3, -0.25) is 14.4 Å². The fourth-order valence-corrected chi connectivity index (χ4v) is 1.89. The lowest BCUT2D eigenvalue weighted by molar-refractivity contribution is -0.144. The van der Waals surface area contributed by atoms with E-state index in [2.05, 4.69) is 0 Å². The third kappa shape index (κ3) is 8.00. The summed E-state index contributed by atoms with van der Waals surface area (Å²) in [6, 6.07) is -0.193. The lowest BCUT2D eigenvalue weighted by Crippen LogP contribution is -2.45. The number of hydrogen-bond donors (Lipinski definition) is 2. The monoisotopic (exact) mass is 332 g/mol. The zero-order valence-electron chi connectivity index (χ0n) is 13.6. The van der Waals surface area contributed by atoms with Crippen molar-refractivity contribution in [1.29, 1.82) is 0 Å². The maximum absolute atomic E-state index is 12.1. The quantitative estimate of drug-likeness (QED) is 0.546. The van der Waals surface area contributed by atoms with Gasteiger partial charge in [-0.2, -0.15) is 0 Å². The van der Waals surface area contributed by atoms with Gasteiger partial charge >= 0.3 is 12.0 Å². The molecular weight excluding hydrogens is 308 g/mol. The summed E-state index contributed by atoms with van der Waals surface area (Å²) >= 11 is 0. The minimum absolute atomic E-state index is 0.0656. The Morgan fingerprint density at radius 1 is 1.26 bits per heavy atom. The predicted octanol–water partition coefficient (Wildman–Crippen LogP) is -1.47. The first-order valence-electron chi connectivity index (χ1n) is 6.95. The van der Waals surface area contributed by atoms with Gasteiger partial charge in [-0.15, -0.1) is 0 Å². The molecule has 1 heterocycles. The molecule has 1 aliphatic rings. The Bertz CT molecular complexity index is 429. The largest absolute Gasteiger partial charge is 0.483 e. The maximum atomic E-state index is 12.1. The van der Waals surface area contributed by atoms with Crippen LogP contribution in [0.4, 0.5) is 4.79 Å². The van der Waals surface area contributed by atoms with Gasteiger partial charge in [0.2, 0.25) is 5.91 Å². The van der Waals surface area contributed by atoms with Crippen LogP contribution in [-0.2, 0) is 14.4 Å². The number of hydrogen-bond acceptors (Lipinski definition) is 5. The molecule has 0 atom stereocenters. The normalized spacial score (nSPS) is 13.7. The van der Waals surface area contributed by atoms with Crippen molar-refractivity contribution in [3.05, 3.63) is 0 Å². The molecule has 0 aromatic rings. The van der Waals surface area contributed by atoms with Crippen molar-refractivity contribution in [2.75, 3.05) is 60.4 Å². The molecule has 23 heavy (non-hydrogen) atoms. The highest BCUT2D eigenvalue weighted by atomic mass is 16.4. The standard InChI is InChI=1S/C12H22N4O4.CH2O2/c1-13(2)4-6-15(9-11(18)19)10(17)8-16-7-5-14(3)12(16)20;2-1-3/h4-9H2,1-3H3,(H,18,19);1H,(H,2,3). The molecule has 10 heteroatoms. The molecule has 0 aliphatic carbocycles. The van der Waals surface area contributed by atoms with Crippen molar-refractivity contribution in [3.8, 4) is 0 Å². The van der Waals surface area contributed by atoms with Gasteiger partial charge in [-0.25, -0.2) is 4.79 Å². The molecule has 0 saturated carbocycles. The van der Waals surface area contributed by atoms with Gasteiger partial charge in [0, 0.05) is 33.2 Å². The SMILES string of the molecule is CN(C)CCN(CC(=O)O)C(=O)CN1CCN(C)C1=O.O=CO. The van der Waals surface area contributed by atoms with E-state index < -0.39 is 5.97 Å². The van der Waals surface area contributed by atoms with Crippen molar-refractivity contribution in [2.45, 2.75) is 0 Å². The van der Waals surface area contributed by atoms with Crippen molar-refractivity contribution in [3.63, 3.8) is 0 Å². The minimum atomic E-state index is -1.05. The molecule has 10 nitrogen and oxygen atoms in total. The Hall–Kier alpha value is -2.36. The summed E-state index contributed by atoms with van der Waals surface area (Å²) in [7, 11) is 5.37. The van der Waals surface area contributed by atoms with Crippen LogP contribution in [0.3, 0.4) is 0 Å². The molecule has 0 aromatic carbocycles. The molecule has 3 amide bonds. The number of nitrogens with zero attached hydrogens (tertiary/aromatic N) is 4. The highest BCUT2D eigenvalue weighted by Crippen LogP contribution is 2.06. The second kappa shape index (κ2) is 10.4. The lowest BCUT2D eigenvalue weighted by Gasteiger charge is -2.25. The number of amides is 3. The van der Waals surface area contributed by atoms with Gasteiger partial charge in [0.15, 0.2) is 0 Å². The van der Waals surface area contributed by atoms with Crippen LogP contribution in [0.25, 0.3) is 0 Å². The van der Waals surface area contributed by atoms with E-state index in [-0.39, 0.29) is 31.5 Å². The Labute approximate surface area is 134 Å². The first kappa shape index (κ1) is 20.6. The number of likely N-dealkylation sites (N-methyl/N-ethyl adjacent to an activating group) is 2. The number of urea groups is 1. The summed E-state index contributed by atoms with van der Waals surface area (Å²) in [6.45, 7) is 1.33. The first-order chi connectivity index (χ1) is 10.7. The molecule has 0 radical (unpaired) electrons. The molecule has 0 aromatic heterocycles. The molecule has 1 aliphatic heterocycles. The Kier molecular flexibility index (Phi) is 9.31. The summed E-state index contributed by atoms with van der Waals surface area (Å²) < 4.78 is 0. The molecule has 1 saturated heterocycles. The zero-order valence-corrected chi connectivity index (χ0v) is 13.6. The van der Waals surface area contributed by atoms with Crippen LogP contribution in [0.2, 0.25) is 0 Å². The number of aliphatic carboxylic acids is 1. The number of carbonyl (C=O) groups is 4. The summed E-state index contributed by atoms with van der Waals surface area (Å²) in [5.41, 5.74) is 0. The fraction of sp³-hybridized carbons (Fsp3) is 0.692. The second-order valence-corrected chi connectivity index (χ2v) is 5.24. The number of carboxylic acids is 1. The van der Waals surface area contributed by atoms with Gasteiger partial charge in [0.25, 0.3) is 6.47 Å². The van der Waals surface area contributed by atoms with E-state index in [1.54, 1.807) is 7.05 Å². The van der Waals surface area contributed by atoms with Crippen LogP contribution in [0.1, 0.15) is 0 Å². The van der Waals surface area contributed by atoms with Gasteiger partial charge in [0.1, 0.15) is 13.1 Å². The number of carboxylic acid groups (broad SMARTS) is 2. The highest BCUT2D eigenvalue weighted by molar-refractivity contribution is 5.87. The molecule has 0 bridgehead atoms. The van der Waals surface area contributed by atoms with Crippen molar-refractivity contribution >= 4 is 24.4 Å². The summed E-state index contributed by atoms with van der Waals surface area (Å²) in [5.74, 6) is -1.39. The molecule has 1 rings (SSSR count). The third-order valence-electron chi connectivity index (χ3n) is 3.12. The van der Waals surface area contributed by atoms with Crippen LogP contribution in [0.5, 0.6) is 0 Å². The van der Waals surface area contributed by atoms with Crippen molar-refractivity contribution < 1.29 is 29.4 Å². The van der Waals surface area contributed by atoms with E-state index >= 15 is 0 Å². The highest BCUT2D eigenvalue weighted by Gasteiger charge is 2.29. The zero-order chi connectivity index (χ0) is 18.0. The summed E-state index contributed by atoms with van der Waals surface area (Å²) in [4.78, 5) is 49.1.